The van der Waals surface area contributed by atoms with Crippen molar-refractivity contribution in [3.63, 3.8) is 0 Å². The Balaban J connectivity index is 2.22. The Kier molecular flexibility index (Phi) is 2.73. The van der Waals surface area contributed by atoms with Gasteiger partial charge in [0.15, 0.2) is 0 Å². The minimum atomic E-state index is -0.517. The van der Waals surface area contributed by atoms with E-state index in [-0.39, 0.29) is 16.3 Å². The maximum atomic E-state index is 10.7. The second-order valence-corrected chi connectivity index (χ2v) is 4.43. The van der Waals surface area contributed by atoms with Crippen LogP contribution in [0.1, 0.15) is 6.92 Å². The van der Waals surface area contributed by atoms with Crippen LogP contribution in [0, 0.1) is 10.1 Å². The molecule has 2 rings (SSSR count). The highest BCUT2D eigenvalue weighted by Crippen LogP contribution is 2.31. The van der Waals surface area contributed by atoms with Crippen molar-refractivity contribution >= 4 is 17.3 Å². The van der Waals surface area contributed by atoms with Crippen molar-refractivity contribution in [1.29, 1.82) is 0 Å². The lowest BCUT2D eigenvalue weighted by molar-refractivity contribution is -0.384. The molecule has 0 radical (unpaired) electrons. The van der Waals surface area contributed by atoms with Gasteiger partial charge < -0.3 is 10.1 Å². The zero-order valence-corrected chi connectivity index (χ0v) is 9.45. The van der Waals surface area contributed by atoms with Gasteiger partial charge in [0.1, 0.15) is 16.4 Å². The number of nitro benzene ring substituents is 1. The fourth-order valence-corrected chi connectivity index (χ4v) is 1.72. The standard InChI is InChI=1S/C10H11ClN2O3/c1-10(5-12-6-10)16-7-2-3-8(11)9(4-7)13(14)15/h2-4,12H,5-6H2,1H3. The molecule has 0 saturated carbocycles. The molecule has 1 aromatic carbocycles. The number of hydrogen-bond donors (Lipinski definition) is 1. The van der Waals surface area contributed by atoms with E-state index in [0.717, 1.165) is 13.1 Å². The van der Waals surface area contributed by atoms with Gasteiger partial charge in [-0.2, -0.15) is 0 Å². The lowest BCUT2D eigenvalue weighted by atomic mass is 10.00. The molecule has 0 amide bonds. The first-order valence-electron chi connectivity index (χ1n) is 4.84. The Morgan fingerprint density at radius 3 is 2.75 bits per heavy atom. The van der Waals surface area contributed by atoms with E-state index in [4.69, 9.17) is 16.3 Å². The van der Waals surface area contributed by atoms with E-state index in [0.29, 0.717) is 5.75 Å². The Morgan fingerprint density at radius 2 is 2.25 bits per heavy atom. The molecule has 1 aromatic rings. The minimum Gasteiger partial charge on any atom is -0.485 e. The molecule has 1 heterocycles. The molecule has 0 atom stereocenters. The Labute approximate surface area is 97.5 Å². The lowest BCUT2D eigenvalue weighted by Gasteiger charge is -2.39. The van der Waals surface area contributed by atoms with Crippen LogP contribution < -0.4 is 10.1 Å². The van der Waals surface area contributed by atoms with Gasteiger partial charge in [0.2, 0.25) is 0 Å². The minimum absolute atomic E-state index is 0.120. The highest BCUT2D eigenvalue weighted by Gasteiger charge is 2.34. The first kappa shape index (κ1) is 11.2. The van der Waals surface area contributed by atoms with E-state index in [1.54, 1.807) is 6.07 Å². The van der Waals surface area contributed by atoms with Crippen molar-refractivity contribution in [3.05, 3.63) is 33.3 Å². The number of halogens is 1. The van der Waals surface area contributed by atoms with Gasteiger partial charge in [-0.25, -0.2) is 0 Å². The average molecular weight is 243 g/mol. The summed E-state index contributed by atoms with van der Waals surface area (Å²) in [7, 11) is 0. The fourth-order valence-electron chi connectivity index (χ4n) is 1.53. The van der Waals surface area contributed by atoms with Gasteiger partial charge in [-0.3, -0.25) is 10.1 Å². The Hall–Kier alpha value is -1.33. The topological polar surface area (TPSA) is 64.4 Å². The van der Waals surface area contributed by atoms with Crippen molar-refractivity contribution < 1.29 is 9.66 Å². The van der Waals surface area contributed by atoms with Crippen LogP contribution in [0.15, 0.2) is 18.2 Å². The summed E-state index contributed by atoms with van der Waals surface area (Å²) in [4.78, 5) is 10.2. The van der Waals surface area contributed by atoms with Gasteiger partial charge in [-0.05, 0) is 19.1 Å². The molecule has 1 aliphatic heterocycles. The van der Waals surface area contributed by atoms with E-state index in [9.17, 15) is 10.1 Å². The smallest absolute Gasteiger partial charge is 0.291 e. The molecule has 5 nitrogen and oxygen atoms in total. The number of benzene rings is 1. The second kappa shape index (κ2) is 3.92. The maximum absolute atomic E-state index is 10.7. The summed E-state index contributed by atoms with van der Waals surface area (Å²) in [5.41, 5.74) is -0.406. The Bertz CT molecular complexity index is 432. The summed E-state index contributed by atoms with van der Waals surface area (Å²) in [6.07, 6.45) is 0. The molecule has 86 valence electrons. The van der Waals surface area contributed by atoms with E-state index in [2.05, 4.69) is 5.32 Å². The SMILES string of the molecule is CC1(Oc2ccc(Cl)c([N+](=O)[O-])c2)CNC1. The molecule has 1 saturated heterocycles. The van der Waals surface area contributed by atoms with Gasteiger partial charge in [0.25, 0.3) is 5.69 Å². The number of rotatable bonds is 3. The van der Waals surface area contributed by atoms with E-state index in [1.807, 2.05) is 6.92 Å². The molecule has 0 spiro atoms. The predicted molar refractivity (Wildman–Crippen MR) is 60.0 cm³/mol. The van der Waals surface area contributed by atoms with Gasteiger partial charge in [-0.1, -0.05) is 11.6 Å². The van der Waals surface area contributed by atoms with Crippen molar-refractivity contribution in [2.75, 3.05) is 13.1 Å². The molecular formula is C10H11ClN2O3. The zero-order valence-electron chi connectivity index (χ0n) is 8.70. The van der Waals surface area contributed by atoms with Gasteiger partial charge in [-0.15, -0.1) is 0 Å². The third kappa shape index (κ3) is 2.10. The first-order valence-corrected chi connectivity index (χ1v) is 5.22. The van der Waals surface area contributed by atoms with Crippen LogP contribution in [-0.2, 0) is 0 Å². The molecule has 0 aliphatic carbocycles. The molecular weight excluding hydrogens is 232 g/mol. The quantitative estimate of drug-likeness (QED) is 0.650. The van der Waals surface area contributed by atoms with Gasteiger partial charge >= 0.3 is 0 Å². The van der Waals surface area contributed by atoms with Gasteiger partial charge in [0, 0.05) is 13.1 Å². The van der Waals surface area contributed by atoms with Crippen LogP contribution in [0.5, 0.6) is 5.75 Å². The average Bonchev–Trinajstić information content (AvgIpc) is 2.18. The summed E-state index contributed by atoms with van der Waals surface area (Å²) in [6, 6.07) is 4.47. The third-order valence-electron chi connectivity index (χ3n) is 2.48. The van der Waals surface area contributed by atoms with Crippen molar-refractivity contribution in [1.82, 2.24) is 5.32 Å². The predicted octanol–water partition coefficient (Wildman–Crippen LogP) is 1.99. The first-order chi connectivity index (χ1) is 7.50. The molecule has 6 heteroatoms. The lowest BCUT2D eigenvalue weighted by Crippen LogP contribution is -2.61. The van der Waals surface area contributed by atoms with E-state index in [1.165, 1.54) is 12.1 Å². The summed E-state index contributed by atoms with van der Waals surface area (Å²) in [5.74, 6) is 0.472. The van der Waals surface area contributed by atoms with Crippen LogP contribution >= 0.6 is 11.6 Å². The largest absolute Gasteiger partial charge is 0.485 e. The number of nitrogens with one attached hydrogen (secondary N) is 1. The summed E-state index contributed by atoms with van der Waals surface area (Å²) < 4.78 is 5.66. The zero-order chi connectivity index (χ0) is 11.8. The number of hydrogen-bond acceptors (Lipinski definition) is 4. The monoisotopic (exact) mass is 242 g/mol. The summed E-state index contributed by atoms with van der Waals surface area (Å²) in [6.45, 7) is 3.43. The van der Waals surface area contributed by atoms with Crippen molar-refractivity contribution in [2.45, 2.75) is 12.5 Å². The molecule has 1 aliphatic rings. The molecule has 0 aromatic heterocycles. The summed E-state index contributed by atoms with van der Waals surface area (Å²) in [5, 5.41) is 13.9. The molecule has 1 N–H and O–H groups in total. The van der Waals surface area contributed by atoms with Crippen molar-refractivity contribution in [2.24, 2.45) is 0 Å². The maximum Gasteiger partial charge on any atom is 0.291 e. The van der Waals surface area contributed by atoms with Crippen LogP contribution in [0.4, 0.5) is 5.69 Å². The number of nitro groups is 1. The van der Waals surface area contributed by atoms with Crippen molar-refractivity contribution in [3.8, 4) is 5.75 Å². The van der Waals surface area contributed by atoms with Gasteiger partial charge in [0.05, 0.1) is 11.0 Å². The summed E-state index contributed by atoms with van der Waals surface area (Å²) >= 11 is 5.70. The van der Waals surface area contributed by atoms with Crippen LogP contribution in [0.25, 0.3) is 0 Å². The highest BCUT2D eigenvalue weighted by atomic mass is 35.5. The molecule has 0 bridgehead atoms. The van der Waals surface area contributed by atoms with E-state index < -0.39 is 4.92 Å². The van der Waals surface area contributed by atoms with Crippen LogP contribution in [-0.4, -0.2) is 23.6 Å². The van der Waals surface area contributed by atoms with Crippen LogP contribution in [0.3, 0.4) is 0 Å². The number of ether oxygens (including phenoxy) is 1. The highest BCUT2D eigenvalue weighted by molar-refractivity contribution is 6.32. The van der Waals surface area contributed by atoms with Crippen LogP contribution in [0.2, 0.25) is 5.02 Å². The number of nitrogens with zero attached hydrogens (tertiary/aromatic N) is 1. The third-order valence-corrected chi connectivity index (χ3v) is 2.80. The molecule has 1 fully saturated rings. The normalized spacial score (nSPS) is 17.6. The molecule has 0 unspecified atom stereocenters. The fraction of sp³-hybridized carbons (Fsp3) is 0.400. The molecule has 16 heavy (non-hydrogen) atoms. The second-order valence-electron chi connectivity index (χ2n) is 4.03. The van der Waals surface area contributed by atoms with E-state index >= 15 is 0 Å². The Morgan fingerprint density at radius 1 is 1.56 bits per heavy atom.